The van der Waals surface area contributed by atoms with Crippen molar-refractivity contribution in [1.29, 1.82) is 0 Å². The number of Topliss-reactive ketones (excluding diaryl/α,β-unsaturated/α-hetero) is 1. The van der Waals surface area contributed by atoms with Crippen LogP contribution in [0, 0.1) is 0 Å². The van der Waals surface area contributed by atoms with Gasteiger partial charge in [0.05, 0.1) is 11.7 Å². The van der Waals surface area contributed by atoms with Crippen LogP contribution < -0.4 is 0 Å². The van der Waals surface area contributed by atoms with Gasteiger partial charge in [-0.2, -0.15) is 16.7 Å². The van der Waals surface area contributed by atoms with Gasteiger partial charge in [-0.3, -0.25) is 4.79 Å². The average molecular weight is 254 g/mol. The van der Waals surface area contributed by atoms with E-state index in [4.69, 9.17) is 4.52 Å². The van der Waals surface area contributed by atoms with Crippen molar-refractivity contribution in [3.05, 3.63) is 11.7 Å². The average Bonchev–Trinajstić information content (AvgIpc) is 2.79. The van der Waals surface area contributed by atoms with Crippen LogP contribution in [0.25, 0.3) is 0 Å². The van der Waals surface area contributed by atoms with Crippen LogP contribution in [0.1, 0.15) is 56.0 Å². The molecule has 0 N–H and O–H groups in total. The summed E-state index contributed by atoms with van der Waals surface area (Å²) in [6.07, 6.45) is 5.39. The number of hydrogen-bond acceptors (Lipinski definition) is 5. The molecule has 0 radical (unpaired) electrons. The maximum Gasteiger partial charge on any atom is 0.234 e. The molecule has 0 spiro atoms. The molecular weight excluding hydrogens is 236 g/mol. The van der Waals surface area contributed by atoms with Crippen LogP contribution in [-0.2, 0) is 11.2 Å². The van der Waals surface area contributed by atoms with Crippen molar-refractivity contribution in [3.63, 3.8) is 0 Å². The molecular formula is C12H18N2O2S. The summed E-state index contributed by atoms with van der Waals surface area (Å²) in [5.41, 5.74) is 0. The molecule has 0 amide bonds. The third-order valence-electron chi connectivity index (χ3n) is 2.83. The third kappa shape index (κ3) is 3.56. The fourth-order valence-electron chi connectivity index (χ4n) is 1.95. The SMILES string of the molecule is CCCC(=O)Cc1nc(C2CCCCS2)no1. The summed E-state index contributed by atoms with van der Waals surface area (Å²) in [6, 6.07) is 0. The zero-order valence-electron chi connectivity index (χ0n) is 10.1. The van der Waals surface area contributed by atoms with E-state index in [1.54, 1.807) is 0 Å². The fourth-order valence-corrected chi connectivity index (χ4v) is 3.18. The number of thioether (sulfide) groups is 1. The summed E-state index contributed by atoms with van der Waals surface area (Å²) in [5, 5.41) is 4.36. The first-order valence-corrected chi connectivity index (χ1v) is 7.30. The molecule has 0 saturated carbocycles. The van der Waals surface area contributed by atoms with Gasteiger partial charge in [-0.25, -0.2) is 0 Å². The molecule has 1 atom stereocenters. The van der Waals surface area contributed by atoms with Crippen LogP contribution in [-0.4, -0.2) is 21.7 Å². The first-order chi connectivity index (χ1) is 8.29. The van der Waals surface area contributed by atoms with Gasteiger partial charge in [0.1, 0.15) is 5.78 Å². The van der Waals surface area contributed by atoms with Crippen LogP contribution in [0.4, 0.5) is 0 Å². The fraction of sp³-hybridized carbons (Fsp3) is 0.750. The number of ketones is 1. The molecule has 1 saturated heterocycles. The maximum atomic E-state index is 11.5. The van der Waals surface area contributed by atoms with Gasteiger partial charge in [0, 0.05) is 6.42 Å². The van der Waals surface area contributed by atoms with Gasteiger partial charge < -0.3 is 4.52 Å². The van der Waals surface area contributed by atoms with E-state index < -0.39 is 0 Å². The minimum absolute atomic E-state index is 0.180. The molecule has 1 aliphatic heterocycles. The molecule has 1 fully saturated rings. The largest absolute Gasteiger partial charge is 0.339 e. The molecule has 0 aliphatic carbocycles. The van der Waals surface area contributed by atoms with E-state index in [1.165, 1.54) is 18.6 Å². The lowest BCUT2D eigenvalue weighted by Gasteiger charge is -2.17. The molecule has 1 aromatic heterocycles. The first kappa shape index (κ1) is 12.6. The number of rotatable bonds is 5. The van der Waals surface area contributed by atoms with Gasteiger partial charge in [-0.1, -0.05) is 18.5 Å². The summed E-state index contributed by atoms with van der Waals surface area (Å²) in [5.74, 6) is 2.60. The molecule has 5 heteroatoms. The predicted molar refractivity (Wildman–Crippen MR) is 67.0 cm³/mol. The van der Waals surface area contributed by atoms with Gasteiger partial charge in [-0.15, -0.1) is 0 Å². The lowest BCUT2D eigenvalue weighted by atomic mass is 10.2. The quantitative estimate of drug-likeness (QED) is 0.808. The monoisotopic (exact) mass is 254 g/mol. The minimum Gasteiger partial charge on any atom is -0.339 e. The molecule has 2 heterocycles. The highest BCUT2D eigenvalue weighted by Gasteiger charge is 2.21. The Hall–Kier alpha value is -0.840. The molecule has 1 unspecified atom stereocenters. The standard InChI is InChI=1S/C12H18N2O2S/c1-2-5-9(15)8-11-13-12(14-16-11)10-6-3-4-7-17-10/h10H,2-8H2,1H3. The number of hydrogen-bond donors (Lipinski definition) is 0. The Morgan fingerprint density at radius 2 is 2.41 bits per heavy atom. The molecule has 1 aliphatic rings. The van der Waals surface area contributed by atoms with Crippen LogP contribution in [0.15, 0.2) is 4.52 Å². The Labute approximate surface area is 106 Å². The Balaban J connectivity index is 1.93. The van der Waals surface area contributed by atoms with Gasteiger partial charge in [0.15, 0.2) is 5.82 Å². The number of carbonyl (C=O) groups is 1. The van der Waals surface area contributed by atoms with Gasteiger partial charge >= 0.3 is 0 Å². The van der Waals surface area contributed by atoms with Gasteiger partial charge in [-0.05, 0) is 25.0 Å². The third-order valence-corrected chi connectivity index (χ3v) is 4.20. The van der Waals surface area contributed by atoms with Crippen molar-refractivity contribution < 1.29 is 9.32 Å². The Morgan fingerprint density at radius 1 is 1.53 bits per heavy atom. The summed E-state index contributed by atoms with van der Waals surface area (Å²) in [7, 11) is 0. The molecule has 1 aromatic rings. The summed E-state index contributed by atoms with van der Waals surface area (Å²) < 4.78 is 5.14. The van der Waals surface area contributed by atoms with Gasteiger partial charge in [0.2, 0.25) is 5.89 Å². The second-order valence-corrected chi connectivity index (χ2v) is 5.68. The minimum atomic E-state index is 0.180. The van der Waals surface area contributed by atoms with Crippen LogP contribution >= 0.6 is 11.8 Å². The molecule has 17 heavy (non-hydrogen) atoms. The molecule has 4 nitrogen and oxygen atoms in total. The lowest BCUT2D eigenvalue weighted by Crippen LogP contribution is -2.05. The summed E-state index contributed by atoms with van der Waals surface area (Å²) in [4.78, 5) is 15.8. The molecule has 0 bridgehead atoms. The van der Waals surface area contributed by atoms with Crippen molar-refractivity contribution in [1.82, 2.24) is 10.1 Å². The second-order valence-electron chi connectivity index (χ2n) is 4.37. The summed E-state index contributed by atoms with van der Waals surface area (Å²) >= 11 is 1.89. The predicted octanol–water partition coefficient (Wildman–Crippen LogP) is 2.94. The first-order valence-electron chi connectivity index (χ1n) is 6.25. The highest BCUT2D eigenvalue weighted by Crippen LogP contribution is 2.36. The second kappa shape index (κ2) is 6.19. The van der Waals surface area contributed by atoms with Crippen molar-refractivity contribution in [3.8, 4) is 0 Å². The van der Waals surface area contributed by atoms with E-state index in [9.17, 15) is 4.79 Å². The van der Waals surface area contributed by atoms with Crippen molar-refractivity contribution in [2.24, 2.45) is 0 Å². The summed E-state index contributed by atoms with van der Waals surface area (Å²) in [6.45, 7) is 2.00. The van der Waals surface area contributed by atoms with Crippen molar-refractivity contribution in [2.75, 3.05) is 5.75 Å². The van der Waals surface area contributed by atoms with E-state index in [2.05, 4.69) is 10.1 Å². The number of nitrogens with zero attached hydrogens (tertiary/aromatic N) is 2. The Bertz CT molecular complexity index is 372. The Kier molecular flexibility index (Phi) is 4.59. The normalized spacial score (nSPS) is 20.4. The van der Waals surface area contributed by atoms with E-state index in [0.29, 0.717) is 17.6 Å². The van der Waals surface area contributed by atoms with Crippen molar-refractivity contribution in [2.45, 2.75) is 50.7 Å². The Morgan fingerprint density at radius 3 is 3.12 bits per heavy atom. The number of carbonyl (C=O) groups excluding carboxylic acids is 1. The smallest absolute Gasteiger partial charge is 0.234 e. The zero-order chi connectivity index (χ0) is 12.1. The van der Waals surface area contributed by atoms with Crippen LogP contribution in [0.2, 0.25) is 0 Å². The van der Waals surface area contributed by atoms with E-state index in [0.717, 1.165) is 18.7 Å². The van der Waals surface area contributed by atoms with Crippen LogP contribution in [0.5, 0.6) is 0 Å². The zero-order valence-corrected chi connectivity index (χ0v) is 11.0. The topological polar surface area (TPSA) is 56.0 Å². The van der Waals surface area contributed by atoms with Crippen LogP contribution in [0.3, 0.4) is 0 Å². The lowest BCUT2D eigenvalue weighted by molar-refractivity contribution is -0.118. The van der Waals surface area contributed by atoms with E-state index in [-0.39, 0.29) is 12.2 Å². The maximum absolute atomic E-state index is 11.5. The van der Waals surface area contributed by atoms with E-state index in [1.807, 2.05) is 18.7 Å². The van der Waals surface area contributed by atoms with Gasteiger partial charge in [0.25, 0.3) is 0 Å². The molecule has 2 rings (SSSR count). The molecule has 0 aromatic carbocycles. The van der Waals surface area contributed by atoms with Crippen molar-refractivity contribution >= 4 is 17.5 Å². The number of aromatic nitrogens is 2. The van der Waals surface area contributed by atoms with E-state index >= 15 is 0 Å². The molecule has 94 valence electrons. The highest BCUT2D eigenvalue weighted by molar-refractivity contribution is 7.99. The highest BCUT2D eigenvalue weighted by atomic mass is 32.2.